The molecule has 3 rings (SSSR count). The van der Waals surface area contributed by atoms with Crippen LogP contribution >= 0.6 is 0 Å². The number of para-hydroxylation sites is 1. The van der Waals surface area contributed by atoms with E-state index in [0.717, 1.165) is 38.7 Å². The number of aromatic nitrogens is 2. The highest BCUT2D eigenvalue weighted by atomic mass is 15.3. The van der Waals surface area contributed by atoms with Crippen molar-refractivity contribution in [3.63, 3.8) is 0 Å². The van der Waals surface area contributed by atoms with E-state index < -0.39 is 0 Å². The van der Waals surface area contributed by atoms with E-state index in [1.165, 1.54) is 11.3 Å². The minimum absolute atomic E-state index is 0.834. The van der Waals surface area contributed by atoms with Crippen molar-refractivity contribution in [2.75, 3.05) is 43.0 Å². The molecule has 1 N–H and O–H groups in total. The van der Waals surface area contributed by atoms with E-state index in [0.29, 0.717) is 0 Å². The smallest absolute Gasteiger partial charge is 0.225 e. The fourth-order valence-electron chi connectivity index (χ4n) is 2.76. The third-order valence-electron chi connectivity index (χ3n) is 3.81. The summed E-state index contributed by atoms with van der Waals surface area (Å²) in [6, 6.07) is 10.5. The van der Waals surface area contributed by atoms with Crippen molar-refractivity contribution in [1.29, 1.82) is 0 Å². The van der Waals surface area contributed by atoms with Gasteiger partial charge >= 0.3 is 0 Å². The zero-order chi connectivity index (χ0) is 14.5. The lowest BCUT2D eigenvalue weighted by molar-refractivity contribution is 0.636. The highest BCUT2D eigenvalue weighted by Gasteiger charge is 2.20. The van der Waals surface area contributed by atoms with Gasteiger partial charge in [0, 0.05) is 50.8 Å². The Balaban J connectivity index is 1.69. The maximum absolute atomic E-state index is 4.33. The number of hydrogen-bond donors (Lipinski definition) is 1. The standard InChI is InChI=1S/C16H21N5/c1-17-13-14-5-2-3-6-15(14)20-9-11-21(12-10-20)16-18-7-4-8-19-16/h2-8,17H,9-13H2,1H3. The molecule has 0 aliphatic carbocycles. The second-order valence-electron chi connectivity index (χ2n) is 5.18. The molecule has 5 heteroatoms. The van der Waals surface area contributed by atoms with Crippen LogP contribution in [0.3, 0.4) is 0 Å². The van der Waals surface area contributed by atoms with Crippen LogP contribution in [0.4, 0.5) is 11.6 Å². The van der Waals surface area contributed by atoms with E-state index in [9.17, 15) is 0 Å². The number of piperazine rings is 1. The van der Waals surface area contributed by atoms with E-state index in [2.05, 4.69) is 49.4 Å². The Hall–Kier alpha value is -2.14. The summed E-state index contributed by atoms with van der Waals surface area (Å²) in [5.74, 6) is 0.834. The molecule has 0 amide bonds. The second kappa shape index (κ2) is 6.54. The Labute approximate surface area is 125 Å². The number of anilines is 2. The quantitative estimate of drug-likeness (QED) is 0.922. The van der Waals surface area contributed by atoms with E-state index in [-0.39, 0.29) is 0 Å². The summed E-state index contributed by atoms with van der Waals surface area (Å²) in [6.07, 6.45) is 3.61. The van der Waals surface area contributed by atoms with Crippen LogP contribution < -0.4 is 15.1 Å². The lowest BCUT2D eigenvalue weighted by Gasteiger charge is -2.37. The van der Waals surface area contributed by atoms with Crippen molar-refractivity contribution < 1.29 is 0 Å². The fourth-order valence-corrected chi connectivity index (χ4v) is 2.76. The zero-order valence-electron chi connectivity index (χ0n) is 12.4. The van der Waals surface area contributed by atoms with Crippen LogP contribution in [-0.4, -0.2) is 43.2 Å². The summed E-state index contributed by atoms with van der Waals surface area (Å²) in [7, 11) is 1.99. The first-order chi connectivity index (χ1) is 10.4. The average Bonchev–Trinajstić information content (AvgIpc) is 2.57. The van der Waals surface area contributed by atoms with Crippen LogP contribution in [0.15, 0.2) is 42.7 Å². The first kappa shape index (κ1) is 13.8. The molecule has 2 heterocycles. The molecule has 0 spiro atoms. The van der Waals surface area contributed by atoms with Crippen molar-refractivity contribution in [3.05, 3.63) is 48.3 Å². The molecule has 5 nitrogen and oxygen atoms in total. The van der Waals surface area contributed by atoms with Crippen molar-refractivity contribution in [2.24, 2.45) is 0 Å². The summed E-state index contributed by atoms with van der Waals surface area (Å²) >= 11 is 0. The van der Waals surface area contributed by atoms with Gasteiger partial charge in [0.05, 0.1) is 0 Å². The number of nitrogens with zero attached hydrogens (tertiary/aromatic N) is 4. The van der Waals surface area contributed by atoms with Crippen LogP contribution in [0.25, 0.3) is 0 Å². The van der Waals surface area contributed by atoms with E-state index in [4.69, 9.17) is 0 Å². The summed E-state index contributed by atoms with van der Waals surface area (Å²) in [5, 5.41) is 3.24. The third-order valence-corrected chi connectivity index (χ3v) is 3.81. The van der Waals surface area contributed by atoms with Gasteiger partial charge in [-0.1, -0.05) is 18.2 Å². The maximum Gasteiger partial charge on any atom is 0.225 e. The maximum atomic E-state index is 4.33. The molecule has 0 radical (unpaired) electrons. The van der Waals surface area contributed by atoms with Crippen LogP contribution in [0.1, 0.15) is 5.56 Å². The lowest BCUT2D eigenvalue weighted by atomic mass is 10.1. The van der Waals surface area contributed by atoms with Crippen LogP contribution in [-0.2, 0) is 6.54 Å². The summed E-state index contributed by atoms with van der Waals surface area (Å²) in [5.41, 5.74) is 2.69. The Kier molecular flexibility index (Phi) is 4.31. The molecule has 2 aromatic rings. The Bertz CT molecular complexity index is 564. The average molecular weight is 283 g/mol. The zero-order valence-corrected chi connectivity index (χ0v) is 12.4. The summed E-state index contributed by atoms with van der Waals surface area (Å²) in [4.78, 5) is 13.4. The van der Waals surface area contributed by atoms with Crippen molar-refractivity contribution in [3.8, 4) is 0 Å². The largest absolute Gasteiger partial charge is 0.368 e. The SMILES string of the molecule is CNCc1ccccc1N1CCN(c2ncccn2)CC1. The Morgan fingerprint density at radius 1 is 0.952 bits per heavy atom. The van der Waals surface area contributed by atoms with Crippen molar-refractivity contribution in [1.82, 2.24) is 15.3 Å². The predicted octanol–water partition coefficient (Wildman–Crippen LogP) is 1.52. The molecular weight excluding hydrogens is 262 g/mol. The molecule has 0 unspecified atom stereocenters. The Morgan fingerprint density at radius 2 is 1.62 bits per heavy atom. The number of rotatable bonds is 4. The number of hydrogen-bond acceptors (Lipinski definition) is 5. The van der Waals surface area contributed by atoms with Gasteiger partial charge in [-0.2, -0.15) is 0 Å². The van der Waals surface area contributed by atoms with E-state index in [1.807, 2.05) is 13.1 Å². The molecule has 1 aromatic heterocycles. The molecule has 110 valence electrons. The van der Waals surface area contributed by atoms with E-state index >= 15 is 0 Å². The van der Waals surface area contributed by atoms with Gasteiger partial charge in [0.15, 0.2) is 0 Å². The highest BCUT2D eigenvalue weighted by Crippen LogP contribution is 2.22. The minimum Gasteiger partial charge on any atom is -0.368 e. The summed E-state index contributed by atoms with van der Waals surface area (Å²) in [6.45, 7) is 4.81. The van der Waals surface area contributed by atoms with Crippen molar-refractivity contribution >= 4 is 11.6 Å². The van der Waals surface area contributed by atoms with E-state index in [1.54, 1.807) is 12.4 Å². The molecule has 1 aliphatic rings. The minimum atomic E-state index is 0.834. The number of nitrogens with one attached hydrogen (secondary N) is 1. The first-order valence-electron chi connectivity index (χ1n) is 7.38. The van der Waals surface area contributed by atoms with Gasteiger partial charge in [0.2, 0.25) is 5.95 Å². The summed E-state index contributed by atoms with van der Waals surface area (Å²) < 4.78 is 0. The number of benzene rings is 1. The fraction of sp³-hybridized carbons (Fsp3) is 0.375. The third kappa shape index (κ3) is 3.13. The van der Waals surface area contributed by atoms with Gasteiger partial charge in [-0.25, -0.2) is 9.97 Å². The Morgan fingerprint density at radius 3 is 2.33 bits per heavy atom. The van der Waals surface area contributed by atoms with Crippen LogP contribution in [0.5, 0.6) is 0 Å². The predicted molar refractivity (Wildman–Crippen MR) is 85.7 cm³/mol. The highest BCUT2D eigenvalue weighted by molar-refractivity contribution is 5.55. The second-order valence-corrected chi connectivity index (χ2v) is 5.18. The monoisotopic (exact) mass is 283 g/mol. The topological polar surface area (TPSA) is 44.3 Å². The van der Waals surface area contributed by atoms with Gasteiger partial charge in [-0.05, 0) is 24.7 Å². The lowest BCUT2D eigenvalue weighted by Crippen LogP contribution is -2.47. The van der Waals surface area contributed by atoms with Gasteiger partial charge in [0.1, 0.15) is 0 Å². The molecule has 1 aliphatic heterocycles. The molecule has 0 bridgehead atoms. The normalized spacial score (nSPS) is 15.3. The van der Waals surface area contributed by atoms with Crippen molar-refractivity contribution in [2.45, 2.75) is 6.54 Å². The van der Waals surface area contributed by atoms with Gasteiger partial charge in [-0.3, -0.25) is 0 Å². The van der Waals surface area contributed by atoms with Crippen LogP contribution in [0.2, 0.25) is 0 Å². The molecule has 0 saturated carbocycles. The first-order valence-corrected chi connectivity index (χ1v) is 7.38. The molecule has 1 aromatic carbocycles. The molecular formula is C16H21N5. The van der Waals surface area contributed by atoms with Gasteiger partial charge in [-0.15, -0.1) is 0 Å². The molecule has 1 fully saturated rings. The van der Waals surface area contributed by atoms with Gasteiger partial charge in [0.25, 0.3) is 0 Å². The molecule has 0 atom stereocenters. The molecule has 1 saturated heterocycles. The molecule has 21 heavy (non-hydrogen) atoms. The van der Waals surface area contributed by atoms with Crippen LogP contribution in [0, 0.1) is 0 Å². The van der Waals surface area contributed by atoms with Gasteiger partial charge < -0.3 is 15.1 Å².